The largest absolute Gasteiger partial charge is 0.309 e. The van der Waals surface area contributed by atoms with Crippen LogP contribution in [0.3, 0.4) is 0 Å². The van der Waals surface area contributed by atoms with Crippen LogP contribution in [0.25, 0.3) is 32.3 Å². The normalized spacial score (nSPS) is 12.2. The van der Waals surface area contributed by atoms with Gasteiger partial charge in [-0.15, -0.1) is 0 Å². The van der Waals surface area contributed by atoms with Crippen LogP contribution in [-0.2, 0) is 9.98 Å². The summed E-state index contributed by atoms with van der Waals surface area (Å²) in [5.74, 6) is 0. The molecule has 0 saturated heterocycles. The number of hydrogen-bond acceptors (Lipinski definition) is 1. The molecule has 0 fully saturated rings. The highest BCUT2D eigenvalue weighted by atomic mass is 31.2. The third kappa shape index (κ3) is 4.51. The van der Waals surface area contributed by atoms with Gasteiger partial charge in [-0.3, -0.25) is 0 Å². The fourth-order valence-corrected chi connectivity index (χ4v) is 10.7. The Balaban J connectivity index is 1.38. The average molecular weight is 645 g/mol. The molecule has 0 aliphatic carbocycles. The fourth-order valence-electron chi connectivity index (χ4n) is 8.06. The van der Waals surface area contributed by atoms with Crippen molar-refractivity contribution in [1.82, 2.24) is 0 Å². The molecule has 0 N–H and O–H groups in total. The Kier molecular flexibility index (Phi) is 7.04. The predicted molar refractivity (Wildman–Crippen MR) is 208 cm³/mol. The van der Waals surface area contributed by atoms with Gasteiger partial charge in [0.15, 0.2) is 7.14 Å². The van der Waals surface area contributed by atoms with E-state index in [1.54, 1.807) is 0 Å². The molecule has 0 aliphatic heterocycles. The van der Waals surface area contributed by atoms with E-state index in [9.17, 15) is 0 Å². The highest BCUT2D eigenvalue weighted by Crippen LogP contribution is 2.51. The van der Waals surface area contributed by atoms with Gasteiger partial charge in [0.25, 0.3) is 0 Å². The lowest BCUT2D eigenvalue weighted by Gasteiger charge is -2.38. The summed E-state index contributed by atoms with van der Waals surface area (Å²) in [6, 6.07) is 70.4. The maximum absolute atomic E-state index is 15.4. The van der Waals surface area contributed by atoms with Gasteiger partial charge in [-0.25, -0.2) is 0 Å². The Hall–Kier alpha value is -5.75. The Morgan fingerprint density at radius 1 is 0.347 bits per heavy atom. The molecule has 0 aliphatic rings. The zero-order valence-corrected chi connectivity index (χ0v) is 27.8. The summed E-state index contributed by atoms with van der Waals surface area (Å²) in [5.41, 5.74) is 4.03. The first-order valence-electron chi connectivity index (χ1n) is 16.8. The lowest BCUT2D eigenvalue weighted by molar-refractivity contribution is 0.592. The molecule has 2 heteroatoms. The maximum Gasteiger partial charge on any atom is 0.171 e. The quantitative estimate of drug-likeness (QED) is 0.0959. The molecule has 0 heterocycles. The Labute approximate surface area is 286 Å². The Bertz CT molecular complexity index is 2510. The molecule has 0 bridgehead atoms. The van der Waals surface area contributed by atoms with E-state index in [-0.39, 0.29) is 0 Å². The summed E-state index contributed by atoms with van der Waals surface area (Å²) in [5, 5.41) is 10.0. The standard InChI is InChI=1S/C47H33OP/c48-49(40-22-9-3-10-23-40,41-24-11-4-12-25-41)42-31-29-39(30-32-42)47(37-18-5-1-6-19-37,38-20-7-2-8-21-38)44-33-36-17-13-15-34-27-28-35-16-14-26-43(44)46(35)45(34)36/h1-33H. The molecular weight excluding hydrogens is 611 g/mol. The molecule has 0 spiro atoms. The van der Waals surface area contributed by atoms with Crippen LogP contribution in [0.2, 0.25) is 0 Å². The average Bonchev–Trinajstić information content (AvgIpc) is 3.19. The van der Waals surface area contributed by atoms with Crippen LogP contribution in [0.1, 0.15) is 22.3 Å². The smallest absolute Gasteiger partial charge is 0.171 e. The lowest BCUT2D eigenvalue weighted by Crippen LogP contribution is -2.32. The van der Waals surface area contributed by atoms with Crippen LogP contribution in [-0.4, -0.2) is 0 Å². The van der Waals surface area contributed by atoms with E-state index in [0.717, 1.165) is 21.5 Å². The van der Waals surface area contributed by atoms with Crippen LogP contribution in [0.4, 0.5) is 0 Å². The van der Waals surface area contributed by atoms with E-state index >= 15 is 4.57 Å². The molecule has 0 unspecified atom stereocenters. The summed E-state index contributed by atoms with van der Waals surface area (Å²) in [7, 11) is -3.15. The highest BCUT2D eigenvalue weighted by molar-refractivity contribution is 7.85. The van der Waals surface area contributed by atoms with E-state index in [1.165, 1.54) is 49.0 Å². The van der Waals surface area contributed by atoms with Crippen molar-refractivity contribution in [3.05, 3.63) is 222 Å². The molecule has 0 radical (unpaired) electrons. The van der Waals surface area contributed by atoms with E-state index in [2.05, 4.69) is 140 Å². The van der Waals surface area contributed by atoms with Crippen LogP contribution in [0, 0.1) is 0 Å². The van der Waals surface area contributed by atoms with E-state index < -0.39 is 12.6 Å². The van der Waals surface area contributed by atoms with Crippen LogP contribution in [0.15, 0.2) is 200 Å². The third-order valence-electron chi connectivity index (χ3n) is 10.2. The van der Waals surface area contributed by atoms with Crippen molar-refractivity contribution in [2.45, 2.75) is 5.41 Å². The number of benzene rings is 9. The molecule has 0 amide bonds. The minimum absolute atomic E-state index is 0.672. The monoisotopic (exact) mass is 644 g/mol. The molecular formula is C47H33OP. The van der Waals surface area contributed by atoms with E-state index in [4.69, 9.17) is 0 Å². The first kappa shape index (κ1) is 29.4. The van der Waals surface area contributed by atoms with Crippen molar-refractivity contribution in [3.8, 4) is 0 Å². The molecule has 49 heavy (non-hydrogen) atoms. The van der Waals surface area contributed by atoms with Gasteiger partial charge >= 0.3 is 0 Å². The fraction of sp³-hybridized carbons (Fsp3) is 0.0213. The third-order valence-corrected chi connectivity index (χ3v) is 13.3. The van der Waals surface area contributed by atoms with Crippen LogP contribution < -0.4 is 15.9 Å². The lowest BCUT2D eigenvalue weighted by atomic mass is 9.63. The molecule has 9 aromatic carbocycles. The van der Waals surface area contributed by atoms with Crippen molar-refractivity contribution in [3.63, 3.8) is 0 Å². The van der Waals surface area contributed by atoms with Gasteiger partial charge in [-0.05, 0) is 60.6 Å². The summed E-state index contributed by atoms with van der Waals surface area (Å²) in [6.07, 6.45) is 0. The molecule has 0 saturated carbocycles. The summed E-state index contributed by atoms with van der Waals surface area (Å²) in [4.78, 5) is 0. The van der Waals surface area contributed by atoms with Crippen LogP contribution in [0.5, 0.6) is 0 Å². The number of rotatable bonds is 7. The molecule has 9 aromatic rings. The second-order valence-electron chi connectivity index (χ2n) is 12.8. The van der Waals surface area contributed by atoms with Gasteiger partial charge in [-0.1, -0.05) is 194 Å². The van der Waals surface area contributed by atoms with Crippen molar-refractivity contribution in [2.24, 2.45) is 0 Å². The van der Waals surface area contributed by atoms with Gasteiger partial charge in [0, 0.05) is 15.9 Å². The Morgan fingerprint density at radius 3 is 1.33 bits per heavy atom. The van der Waals surface area contributed by atoms with Crippen molar-refractivity contribution >= 4 is 55.4 Å². The van der Waals surface area contributed by atoms with Gasteiger partial charge in [-0.2, -0.15) is 0 Å². The summed E-state index contributed by atoms with van der Waals surface area (Å²) < 4.78 is 15.4. The van der Waals surface area contributed by atoms with Crippen LogP contribution >= 0.6 is 7.14 Å². The minimum atomic E-state index is -3.15. The van der Waals surface area contributed by atoms with Gasteiger partial charge in [0.1, 0.15) is 0 Å². The second-order valence-corrected chi connectivity index (χ2v) is 15.5. The Morgan fingerprint density at radius 2 is 0.776 bits per heavy atom. The SMILES string of the molecule is O=P(c1ccccc1)(c1ccccc1)c1ccc(C(c2ccccc2)(c2ccccc2)c2cc3cccc4ccc5cccc2c5c43)cc1. The summed E-state index contributed by atoms with van der Waals surface area (Å²) >= 11 is 0. The minimum Gasteiger partial charge on any atom is -0.309 e. The van der Waals surface area contributed by atoms with Crippen molar-refractivity contribution in [1.29, 1.82) is 0 Å². The molecule has 1 nitrogen and oxygen atoms in total. The highest BCUT2D eigenvalue weighted by Gasteiger charge is 2.40. The first-order chi connectivity index (χ1) is 24.2. The van der Waals surface area contributed by atoms with Gasteiger partial charge < -0.3 is 4.57 Å². The van der Waals surface area contributed by atoms with E-state index in [0.29, 0.717) is 0 Å². The van der Waals surface area contributed by atoms with Crippen molar-refractivity contribution in [2.75, 3.05) is 0 Å². The van der Waals surface area contributed by atoms with Gasteiger partial charge in [0.2, 0.25) is 0 Å². The summed E-state index contributed by atoms with van der Waals surface area (Å²) in [6.45, 7) is 0. The van der Waals surface area contributed by atoms with E-state index in [1.807, 2.05) is 60.7 Å². The molecule has 0 atom stereocenters. The first-order valence-corrected chi connectivity index (χ1v) is 18.5. The molecule has 9 rings (SSSR count). The second kappa shape index (κ2) is 11.7. The van der Waals surface area contributed by atoms with Gasteiger partial charge in [0.05, 0.1) is 5.41 Å². The predicted octanol–water partition coefficient (Wildman–Crippen LogP) is 10.6. The maximum atomic E-state index is 15.4. The zero-order chi connectivity index (χ0) is 32.8. The number of hydrogen-bond donors (Lipinski definition) is 0. The molecule has 232 valence electrons. The molecule has 0 aromatic heterocycles. The zero-order valence-electron chi connectivity index (χ0n) is 26.9. The van der Waals surface area contributed by atoms with Crippen molar-refractivity contribution < 1.29 is 4.57 Å². The topological polar surface area (TPSA) is 17.1 Å².